The number of hydrogen-bond acceptors (Lipinski definition) is 6. The minimum absolute atomic E-state index is 0.117. The summed E-state index contributed by atoms with van der Waals surface area (Å²) in [6.07, 6.45) is 1.24. The van der Waals surface area contributed by atoms with Crippen LogP contribution in [0.15, 0.2) is 53.7 Å². The third-order valence-electron chi connectivity index (χ3n) is 6.16. The van der Waals surface area contributed by atoms with Gasteiger partial charge in [0.15, 0.2) is 23.1 Å². The van der Waals surface area contributed by atoms with Crippen LogP contribution in [0.3, 0.4) is 0 Å². The minimum Gasteiger partial charge on any atom is -0.454 e. The van der Waals surface area contributed by atoms with E-state index in [9.17, 15) is 4.79 Å². The number of allylic oxidation sites excluding steroid dienone is 2. The van der Waals surface area contributed by atoms with Gasteiger partial charge in [0.1, 0.15) is 6.04 Å². The molecule has 0 spiro atoms. The Balaban J connectivity index is 1.54. The summed E-state index contributed by atoms with van der Waals surface area (Å²) in [7, 11) is 0. The fourth-order valence-electron chi connectivity index (χ4n) is 4.76. The second-order valence-corrected chi connectivity index (χ2v) is 9.56. The van der Waals surface area contributed by atoms with Crippen molar-refractivity contribution in [3.63, 3.8) is 0 Å². The first-order valence-corrected chi connectivity index (χ1v) is 10.9. The largest absolute Gasteiger partial charge is 0.454 e. The fourth-order valence-corrected chi connectivity index (χ4v) is 4.98. The van der Waals surface area contributed by atoms with Crippen LogP contribution < -0.4 is 14.8 Å². The fraction of sp³-hybridized carbons (Fsp3) is 0.292. The molecule has 2 aliphatic heterocycles. The van der Waals surface area contributed by atoms with Crippen molar-refractivity contribution in [2.45, 2.75) is 32.7 Å². The smallest absolute Gasteiger partial charge is 0.231 e. The maximum absolute atomic E-state index is 13.4. The SMILES string of the molecule is CC1(C)CC(=O)C2=C(C1)Nc1nc(-c3ccccc3Cl)nn1C2c1ccc2c(c1)OCO2. The van der Waals surface area contributed by atoms with Crippen LogP contribution in [0.5, 0.6) is 11.5 Å². The van der Waals surface area contributed by atoms with Gasteiger partial charge in [0.2, 0.25) is 12.7 Å². The topological polar surface area (TPSA) is 78.3 Å². The van der Waals surface area contributed by atoms with Crippen LogP contribution in [-0.4, -0.2) is 27.3 Å². The van der Waals surface area contributed by atoms with E-state index in [-0.39, 0.29) is 18.0 Å². The number of anilines is 1. The first-order chi connectivity index (χ1) is 15.4. The lowest BCUT2D eigenvalue weighted by Crippen LogP contribution is -2.36. The Hall–Kier alpha value is -3.32. The number of Topliss-reactive ketones (excluding diaryl/α,β-unsaturated/α-hetero) is 1. The average molecular weight is 449 g/mol. The molecule has 0 saturated carbocycles. The number of carbonyl (C=O) groups is 1. The Kier molecular flexibility index (Phi) is 4.14. The van der Waals surface area contributed by atoms with Crippen LogP contribution in [0.1, 0.15) is 38.3 Å². The zero-order valence-electron chi connectivity index (χ0n) is 17.7. The lowest BCUT2D eigenvalue weighted by molar-refractivity contribution is -0.118. The molecular weight excluding hydrogens is 428 g/mol. The van der Waals surface area contributed by atoms with Gasteiger partial charge in [-0.25, -0.2) is 4.68 Å². The van der Waals surface area contributed by atoms with Crippen LogP contribution in [0.25, 0.3) is 11.4 Å². The molecule has 3 heterocycles. The zero-order chi connectivity index (χ0) is 22.0. The molecule has 0 saturated heterocycles. The van der Waals surface area contributed by atoms with Crippen molar-refractivity contribution < 1.29 is 14.3 Å². The van der Waals surface area contributed by atoms with Crippen molar-refractivity contribution in [1.29, 1.82) is 0 Å². The molecule has 6 rings (SSSR count). The molecule has 3 aromatic rings. The highest BCUT2D eigenvalue weighted by Crippen LogP contribution is 2.47. The number of ketones is 1. The quantitative estimate of drug-likeness (QED) is 0.595. The van der Waals surface area contributed by atoms with Gasteiger partial charge in [-0.3, -0.25) is 4.79 Å². The van der Waals surface area contributed by atoms with Gasteiger partial charge >= 0.3 is 0 Å². The Morgan fingerprint density at radius 1 is 1.12 bits per heavy atom. The normalized spacial score (nSPS) is 20.6. The zero-order valence-corrected chi connectivity index (χ0v) is 18.4. The van der Waals surface area contributed by atoms with Crippen LogP contribution in [-0.2, 0) is 4.79 Å². The maximum atomic E-state index is 13.4. The molecule has 0 amide bonds. The molecule has 8 heteroatoms. The summed E-state index contributed by atoms with van der Waals surface area (Å²) >= 11 is 6.42. The first kappa shape index (κ1) is 19.4. The van der Waals surface area contributed by atoms with E-state index >= 15 is 0 Å². The van der Waals surface area contributed by atoms with Crippen molar-refractivity contribution >= 4 is 23.3 Å². The molecule has 3 aliphatic rings. The molecule has 7 nitrogen and oxygen atoms in total. The molecule has 1 atom stereocenters. The van der Waals surface area contributed by atoms with Gasteiger partial charge in [-0.1, -0.05) is 43.6 Å². The summed E-state index contributed by atoms with van der Waals surface area (Å²) in [5, 5.41) is 8.77. The van der Waals surface area contributed by atoms with E-state index in [1.165, 1.54) is 0 Å². The highest BCUT2D eigenvalue weighted by atomic mass is 35.5. The van der Waals surface area contributed by atoms with Crippen LogP contribution in [0, 0.1) is 5.41 Å². The Morgan fingerprint density at radius 2 is 1.94 bits per heavy atom. The average Bonchev–Trinajstić information content (AvgIpc) is 3.37. The third kappa shape index (κ3) is 2.99. The van der Waals surface area contributed by atoms with Crippen LogP contribution in [0.2, 0.25) is 5.02 Å². The minimum atomic E-state index is -0.414. The Morgan fingerprint density at radius 3 is 2.78 bits per heavy atom. The summed E-state index contributed by atoms with van der Waals surface area (Å²) < 4.78 is 12.9. The van der Waals surface area contributed by atoms with Gasteiger partial charge in [-0.05, 0) is 41.7 Å². The molecule has 32 heavy (non-hydrogen) atoms. The summed E-state index contributed by atoms with van der Waals surface area (Å²) in [5.41, 5.74) is 3.14. The van der Waals surface area contributed by atoms with Crippen LogP contribution >= 0.6 is 11.6 Å². The molecule has 1 aromatic heterocycles. The third-order valence-corrected chi connectivity index (χ3v) is 6.49. The van der Waals surface area contributed by atoms with Gasteiger partial charge in [-0.15, -0.1) is 5.10 Å². The number of carbonyl (C=O) groups excluding carboxylic acids is 1. The predicted octanol–water partition coefficient (Wildman–Crippen LogP) is 4.99. The lowest BCUT2D eigenvalue weighted by atomic mass is 9.73. The molecule has 1 unspecified atom stereocenters. The first-order valence-electron chi connectivity index (χ1n) is 10.5. The molecule has 1 N–H and O–H groups in total. The number of benzene rings is 2. The number of fused-ring (bicyclic) bond motifs is 2. The van der Waals surface area contributed by atoms with Crippen molar-refractivity contribution in [3.05, 3.63) is 64.3 Å². The summed E-state index contributed by atoms with van der Waals surface area (Å²) in [6, 6.07) is 12.8. The van der Waals surface area contributed by atoms with Gasteiger partial charge in [0.05, 0.1) is 5.02 Å². The van der Waals surface area contributed by atoms with E-state index in [2.05, 4.69) is 19.2 Å². The number of rotatable bonds is 2. The van der Waals surface area contributed by atoms with E-state index in [0.717, 1.165) is 28.8 Å². The number of ether oxygens (including phenoxy) is 2. The monoisotopic (exact) mass is 448 g/mol. The maximum Gasteiger partial charge on any atom is 0.231 e. The van der Waals surface area contributed by atoms with Gasteiger partial charge < -0.3 is 14.8 Å². The summed E-state index contributed by atoms with van der Waals surface area (Å²) in [4.78, 5) is 18.1. The highest BCUT2D eigenvalue weighted by molar-refractivity contribution is 6.33. The number of hydrogen-bond donors (Lipinski definition) is 1. The van der Waals surface area contributed by atoms with E-state index < -0.39 is 6.04 Å². The van der Waals surface area contributed by atoms with E-state index in [1.54, 1.807) is 4.68 Å². The molecule has 2 aromatic carbocycles. The van der Waals surface area contributed by atoms with Gasteiger partial charge in [-0.2, -0.15) is 4.98 Å². The Bertz CT molecular complexity index is 1310. The summed E-state index contributed by atoms with van der Waals surface area (Å²) in [6.45, 7) is 4.41. The Labute approximate surface area is 190 Å². The summed E-state index contributed by atoms with van der Waals surface area (Å²) in [5.74, 6) is 2.58. The van der Waals surface area contributed by atoms with E-state index in [4.69, 9.17) is 31.2 Å². The molecular formula is C24H21ClN4O3. The van der Waals surface area contributed by atoms with E-state index in [0.29, 0.717) is 34.7 Å². The van der Waals surface area contributed by atoms with Crippen molar-refractivity contribution in [2.24, 2.45) is 5.41 Å². The van der Waals surface area contributed by atoms with Gasteiger partial charge in [0, 0.05) is 23.3 Å². The molecule has 1 aliphatic carbocycles. The number of nitrogens with zero attached hydrogens (tertiary/aromatic N) is 3. The van der Waals surface area contributed by atoms with E-state index in [1.807, 2.05) is 42.5 Å². The number of halogens is 1. The van der Waals surface area contributed by atoms with Crippen LogP contribution in [0.4, 0.5) is 5.95 Å². The standard InChI is InChI=1S/C24H21ClN4O3/c1-24(2)10-16-20(17(30)11-24)21(13-7-8-18-19(9-13)32-12-31-18)29-23(26-16)27-22(28-29)14-5-3-4-6-15(14)25/h3-9,21H,10-12H2,1-2H3,(H,26,27,28). The highest BCUT2D eigenvalue weighted by Gasteiger charge is 2.42. The molecule has 0 radical (unpaired) electrons. The lowest BCUT2D eigenvalue weighted by Gasteiger charge is -2.38. The van der Waals surface area contributed by atoms with Crippen molar-refractivity contribution in [1.82, 2.24) is 14.8 Å². The second kappa shape index (κ2) is 6.84. The van der Waals surface area contributed by atoms with Gasteiger partial charge in [0.25, 0.3) is 0 Å². The molecule has 0 bridgehead atoms. The van der Waals surface area contributed by atoms with Crippen molar-refractivity contribution in [2.75, 3.05) is 12.1 Å². The number of aromatic nitrogens is 3. The molecule has 0 fully saturated rings. The predicted molar refractivity (Wildman–Crippen MR) is 120 cm³/mol. The van der Waals surface area contributed by atoms with Crippen molar-refractivity contribution in [3.8, 4) is 22.9 Å². The number of nitrogens with one attached hydrogen (secondary N) is 1. The molecule has 162 valence electrons. The second-order valence-electron chi connectivity index (χ2n) is 9.16.